The highest BCUT2D eigenvalue weighted by atomic mass is 19.1. The fourth-order valence-electron chi connectivity index (χ4n) is 6.56. The minimum Gasteiger partial charge on any atom is -0.306 e. The van der Waals surface area contributed by atoms with E-state index in [4.69, 9.17) is 0 Å². The second-order valence-electron chi connectivity index (χ2n) is 11.4. The van der Waals surface area contributed by atoms with Gasteiger partial charge in [0, 0.05) is 50.6 Å². The SMILES string of the molecule is CCC(NC(C)N1C(=O)c2ccc(F)c3cc(F)cc(c23)C1=O)NC(C)N1C(=O)c2cccc3c(-n4ccnc4)ccc(c23)C1=O. The molecule has 10 nitrogen and oxygen atoms in total. The maximum Gasteiger partial charge on any atom is 0.262 e. The van der Waals surface area contributed by atoms with Gasteiger partial charge in [0.2, 0.25) is 0 Å². The molecule has 7 rings (SSSR count). The van der Waals surface area contributed by atoms with Crippen LogP contribution in [0.25, 0.3) is 27.2 Å². The highest BCUT2D eigenvalue weighted by Crippen LogP contribution is 2.35. The molecule has 3 atom stereocenters. The van der Waals surface area contributed by atoms with Crippen LogP contribution in [-0.2, 0) is 0 Å². The Bertz CT molecular complexity index is 2090. The summed E-state index contributed by atoms with van der Waals surface area (Å²) in [5.41, 5.74) is 1.54. The van der Waals surface area contributed by atoms with Crippen molar-refractivity contribution in [1.29, 1.82) is 0 Å². The van der Waals surface area contributed by atoms with Gasteiger partial charge < -0.3 is 4.57 Å². The molecule has 0 spiro atoms. The third-order valence-corrected chi connectivity index (χ3v) is 8.69. The Balaban J connectivity index is 1.13. The van der Waals surface area contributed by atoms with E-state index >= 15 is 0 Å². The van der Waals surface area contributed by atoms with Crippen LogP contribution in [-0.4, -0.2) is 61.5 Å². The minimum absolute atomic E-state index is 0.0770. The van der Waals surface area contributed by atoms with E-state index < -0.39 is 53.8 Å². The molecule has 0 bridgehead atoms. The molecular formula is C34H28F2N6O4. The molecule has 3 unspecified atom stereocenters. The number of nitrogens with one attached hydrogen (secondary N) is 2. The molecule has 46 heavy (non-hydrogen) atoms. The number of carbonyl (C=O) groups is 4. The molecule has 3 heterocycles. The molecule has 232 valence electrons. The Morgan fingerprint density at radius 3 is 1.93 bits per heavy atom. The number of hydrogen-bond donors (Lipinski definition) is 2. The topological polar surface area (TPSA) is 117 Å². The van der Waals surface area contributed by atoms with Gasteiger partial charge in [-0.1, -0.05) is 19.1 Å². The van der Waals surface area contributed by atoms with E-state index in [1.807, 2.05) is 23.6 Å². The van der Waals surface area contributed by atoms with E-state index in [0.29, 0.717) is 22.9 Å². The summed E-state index contributed by atoms with van der Waals surface area (Å²) in [6.45, 7) is 5.13. The largest absolute Gasteiger partial charge is 0.306 e. The number of aromatic nitrogens is 2. The molecule has 1 aromatic heterocycles. The molecule has 0 saturated carbocycles. The van der Waals surface area contributed by atoms with Crippen LogP contribution < -0.4 is 10.6 Å². The van der Waals surface area contributed by atoms with Crippen LogP contribution >= 0.6 is 0 Å². The normalized spacial score (nSPS) is 16.5. The average Bonchev–Trinajstić information content (AvgIpc) is 3.57. The molecular weight excluding hydrogens is 594 g/mol. The van der Waals surface area contributed by atoms with Crippen molar-refractivity contribution in [2.45, 2.75) is 45.7 Å². The fraction of sp³-hybridized carbons (Fsp3) is 0.206. The summed E-state index contributed by atoms with van der Waals surface area (Å²) in [4.78, 5) is 60.9. The number of benzene rings is 4. The summed E-state index contributed by atoms with van der Waals surface area (Å²) in [6.07, 6.45) is 3.26. The average molecular weight is 623 g/mol. The quantitative estimate of drug-likeness (QED) is 0.186. The van der Waals surface area contributed by atoms with Gasteiger partial charge in [-0.2, -0.15) is 0 Å². The number of hydrogen-bond acceptors (Lipinski definition) is 7. The summed E-state index contributed by atoms with van der Waals surface area (Å²) < 4.78 is 30.7. The first kappa shape index (κ1) is 29.4. The number of rotatable bonds is 8. The number of halogens is 2. The van der Waals surface area contributed by atoms with Crippen LogP contribution in [0.15, 0.2) is 73.3 Å². The van der Waals surface area contributed by atoms with Crippen molar-refractivity contribution in [2.24, 2.45) is 0 Å². The van der Waals surface area contributed by atoms with Crippen molar-refractivity contribution in [1.82, 2.24) is 30.0 Å². The number of imide groups is 2. The predicted molar refractivity (Wildman–Crippen MR) is 165 cm³/mol. The molecule has 4 amide bonds. The van der Waals surface area contributed by atoms with Gasteiger partial charge in [-0.3, -0.25) is 39.6 Å². The summed E-state index contributed by atoms with van der Waals surface area (Å²) in [5.74, 6) is -3.88. The summed E-state index contributed by atoms with van der Waals surface area (Å²) in [5, 5.41) is 7.70. The van der Waals surface area contributed by atoms with E-state index in [-0.39, 0.29) is 21.9 Å². The number of nitrogens with zero attached hydrogens (tertiary/aromatic N) is 4. The zero-order chi connectivity index (χ0) is 32.4. The van der Waals surface area contributed by atoms with E-state index in [0.717, 1.165) is 39.1 Å². The maximum absolute atomic E-state index is 14.5. The first-order valence-corrected chi connectivity index (χ1v) is 14.8. The van der Waals surface area contributed by atoms with Crippen LogP contribution in [0.1, 0.15) is 68.6 Å². The Morgan fingerprint density at radius 1 is 0.739 bits per heavy atom. The van der Waals surface area contributed by atoms with Crippen molar-refractivity contribution in [3.05, 3.63) is 107 Å². The van der Waals surface area contributed by atoms with Gasteiger partial charge in [-0.05, 0) is 62.7 Å². The molecule has 4 aromatic carbocycles. The molecule has 12 heteroatoms. The Labute approximate surface area is 261 Å². The number of amides is 4. The highest BCUT2D eigenvalue weighted by molar-refractivity contribution is 6.27. The summed E-state index contributed by atoms with van der Waals surface area (Å²) in [6, 6.07) is 13.2. The van der Waals surface area contributed by atoms with Crippen LogP contribution in [0.5, 0.6) is 0 Å². The smallest absolute Gasteiger partial charge is 0.262 e. The second-order valence-corrected chi connectivity index (χ2v) is 11.4. The van der Waals surface area contributed by atoms with Gasteiger partial charge >= 0.3 is 0 Å². The van der Waals surface area contributed by atoms with E-state index in [2.05, 4.69) is 15.6 Å². The zero-order valence-electron chi connectivity index (χ0n) is 25.0. The summed E-state index contributed by atoms with van der Waals surface area (Å²) in [7, 11) is 0. The molecule has 0 fully saturated rings. The first-order valence-electron chi connectivity index (χ1n) is 14.8. The van der Waals surface area contributed by atoms with Crippen molar-refractivity contribution >= 4 is 45.2 Å². The van der Waals surface area contributed by atoms with Gasteiger partial charge in [-0.15, -0.1) is 0 Å². The zero-order valence-corrected chi connectivity index (χ0v) is 25.0. The molecule has 0 aliphatic carbocycles. The Hall–Kier alpha value is -5.33. The molecule has 2 N–H and O–H groups in total. The summed E-state index contributed by atoms with van der Waals surface area (Å²) >= 11 is 0. The maximum atomic E-state index is 14.5. The van der Waals surface area contributed by atoms with Crippen molar-refractivity contribution < 1.29 is 28.0 Å². The van der Waals surface area contributed by atoms with Crippen molar-refractivity contribution in [2.75, 3.05) is 0 Å². The van der Waals surface area contributed by atoms with Gasteiger partial charge in [0.05, 0.1) is 36.1 Å². The first-order chi connectivity index (χ1) is 22.1. The molecule has 0 radical (unpaired) electrons. The Kier molecular flexibility index (Phi) is 6.98. The lowest BCUT2D eigenvalue weighted by Crippen LogP contribution is -2.61. The molecule has 2 aliphatic rings. The standard InChI is InChI=1S/C34H28F2N6O4/c1-4-28(39-18(3)42-32(44)22-8-10-26(36)24-14-19(35)15-25(30(22)24)34(42)46)38-17(2)41-31(43)21-7-5-6-20-27(40-13-12-37-16-40)11-9-23(29(20)21)33(41)45/h5-18,28,38-39H,4H2,1-3H3. The lowest BCUT2D eigenvalue weighted by atomic mass is 9.92. The molecule has 2 aliphatic heterocycles. The molecule has 5 aromatic rings. The number of imidazole rings is 1. The minimum atomic E-state index is -0.898. The van der Waals surface area contributed by atoms with Gasteiger partial charge in [-0.25, -0.2) is 13.8 Å². The van der Waals surface area contributed by atoms with E-state index in [9.17, 15) is 28.0 Å². The monoisotopic (exact) mass is 622 g/mol. The highest BCUT2D eigenvalue weighted by Gasteiger charge is 2.39. The Morgan fingerprint density at radius 2 is 1.33 bits per heavy atom. The second kappa shape index (κ2) is 10.9. The van der Waals surface area contributed by atoms with E-state index in [1.54, 1.807) is 50.8 Å². The van der Waals surface area contributed by atoms with Crippen LogP contribution in [0.4, 0.5) is 8.78 Å². The van der Waals surface area contributed by atoms with Crippen molar-refractivity contribution in [3.8, 4) is 5.69 Å². The van der Waals surface area contributed by atoms with Gasteiger partial charge in [0.1, 0.15) is 11.6 Å². The van der Waals surface area contributed by atoms with E-state index in [1.165, 1.54) is 6.07 Å². The van der Waals surface area contributed by atoms with Gasteiger partial charge in [0.25, 0.3) is 23.6 Å². The third kappa shape index (κ3) is 4.40. The fourth-order valence-corrected chi connectivity index (χ4v) is 6.56. The predicted octanol–water partition coefficient (Wildman–Crippen LogP) is 4.96. The number of carbonyl (C=O) groups excluding carboxylic acids is 4. The van der Waals surface area contributed by atoms with Crippen molar-refractivity contribution in [3.63, 3.8) is 0 Å². The van der Waals surface area contributed by atoms with Crippen LogP contribution in [0, 0.1) is 11.6 Å². The third-order valence-electron chi connectivity index (χ3n) is 8.69. The van der Waals surface area contributed by atoms with Crippen LogP contribution in [0.2, 0.25) is 0 Å². The molecule has 0 saturated heterocycles. The van der Waals surface area contributed by atoms with Crippen LogP contribution in [0.3, 0.4) is 0 Å². The lowest BCUT2D eigenvalue weighted by molar-refractivity contribution is 0.0472. The lowest BCUT2D eigenvalue weighted by Gasteiger charge is -2.37. The van der Waals surface area contributed by atoms with Gasteiger partial charge in [0.15, 0.2) is 0 Å².